The molecule has 2 rings (SSSR count). The smallest absolute Gasteiger partial charge is 0.336 e. The van der Waals surface area contributed by atoms with E-state index in [9.17, 15) is 9.59 Å². The number of thiophene rings is 1. The first-order valence-corrected chi connectivity index (χ1v) is 6.82. The number of esters is 1. The van der Waals surface area contributed by atoms with Crippen LogP contribution in [0.2, 0.25) is 0 Å². The third-order valence-electron chi connectivity index (χ3n) is 2.30. The molecule has 0 spiro atoms. The van der Waals surface area contributed by atoms with Crippen LogP contribution in [0, 0.1) is 0 Å². The summed E-state index contributed by atoms with van der Waals surface area (Å²) in [4.78, 5) is 23.6. The van der Waals surface area contributed by atoms with E-state index in [0.717, 1.165) is 4.88 Å². The quantitative estimate of drug-likeness (QED) is 0.533. The van der Waals surface area contributed by atoms with Crippen LogP contribution >= 0.6 is 11.3 Å². The Labute approximate surface area is 120 Å². The molecule has 4 nitrogen and oxygen atoms in total. The fourth-order valence-corrected chi connectivity index (χ4v) is 2.15. The van der Waals surface area contributed by atoms with Crippen molar-refractivity contribution in [2.75, 3.05) is 5.32 Å². The van der Waals surface area contributed by atoms with Crippen molar-refractivity contribution in [1.29, 1.82) is 0 Å². The lowest BCUT2D eigenvalue weighted by molar-refractivity contribution is -0.128. The zero-order chi connectivity index (χ0) is 14.4. The van der Waals surface area contributed by atoms with Crippen LogP contribution in [0.25, 0.3) is 6.08 Å². The van der Waals surface area contributed by atoms with Gasteiger partial charge in [-0.25, -0.2) is 4.79 Å². The second-order valence-electron chi connectivity index (χ2n) is 3.98. The Hall–Kier alpha value is -2.40. The van der Waals surface area contributed by atoms with Crippen molar-refractivity contribution < 1.29 is 14.3 Å². The van der Waals surface area contributed by atoms with Crippen LogP contribution in [-0.4, -0.2) is 11.9 Å². The van der Waals surface area contributed by atoms with Crippen LogP contribution < -0.4 is 10.1 Å². The molecular formula is C15H13NO3S. The minimum atomic E-state index is -0.460. The van der Waals surface area contributed by atoms with Crippen molar-refractivity contribution >= 4 is 35.0 Å². The van der Waals surface area contributed by atoms with Crippen molar-refractivity contribution in [2.45, 2.75) is 6.92 Å². The van der Waals surface area contributed by atoms with Crippen molar-refractivity contribution in [2.24, 2.45) is 0 Å². The number of rotatable bonds is 4. The van der Waals surface area contributed by atoms with E-state index in [1.807, 2.05) is 17.5 Å². The molecule has 1 aromatic carbocycles. The van der Waals surface area contributed by atoms with E-state index in [-0.39, 0.29) is 5.91 Å². The van der Waals surface area contributed by atoms with Crippen molar-refractivity contribution in [3.63, 3.8) is 0 Å². The molecular weight excluding hydrogens is 274 g/mol. The van der Waals surface area contributed by atoms with E-state index in [1.165, 1.54) is 24.3 Å². The van der Waals surface area contributed by atoms with E-state index in [2.05, 4.69) is 5.32 Å². The molecule has 0 unspecified atom stereocenters. The van der Waals surface area contributed by atoms with Gasteiger partial charge in [-0.05, 0) is 29.7 Å². The Kier molecular flexibility index (Phi) is 4.68. The maximum Gasteiger partial charge on any atom is 0.336 e. The molecule has 20 heavy (non-hydrogen) atoms. The fourth-order valence-electron chi connectivity index (χ4n) is 1.53. The third kappa shape index (κ3) is 4.37. The van der Waals surface area contributed by atoms with E-state index in [0.29, 0.717) is 11.4 Å². The minimum Gasteiger partial charge on any atom is -0.423 e. The average Bonchev–Trinajstić information content (AvgIpc) is 2.89. The molecule has 0 saturated heterocycles. The predicted octanol–water partition coefficient (Wildman–Crippen LogP) is 3.33. The summed E-state index contributed by atoms with van der Waals surface area (Å²) in [5.41, 5.74) is 0.588. The topological polar surface area (TPSA) is 55.4 Å². The van der Waals surface area contributed by atoms with E-state index < -0.39 is 5.97 Å². The predicted molar refractivity (Wildman–Crippen MR) is 79.7 cm³/mol. The molecule has 0 radical (unpaired) electrons. The summed E-state index contributed by atoms with van der Waals surface area (Å²) >= 11 is 1.54. The lowest BCUT2D eigenvalue weighted by atomic mass is 10.3. The van der Waals surface area contributed by atoms with Gasteiger partial charge in [-0.15, -0.1) is 11.3 Å². The molecule has 0 aliphatic carbocycles. The molecule has 0 aliphatic heterocycles. The van der Waals surface area contributed by atoms with Crippen LogP contribution in [0.3, 0.4) is 0 Å². The maximum absolute atomic E-state index is 11.6. The largest absolute Gasteiger partial charge is 0.423 e. The Morgan fingerprint density at radius 2 is 2.10 bits per heavy atom. The van der Waals surface area contributed by atoms with Crippen molar-refractivity contribution in [1.82, 2.24) is 0 Å². The van der Waals surface area contributed by atoms with Crippen LogP contribution in [0.1, 0.15) is 11.8 Å². The molecule has 0 bridgehead atoms. The van der Waals surface area contributed by atoms with Gasteiger partial charge in [0, 0.05) is 29.6 Å². The number of carbonyl (C=O) groups excluding carboxylic acids is 2. The second kappa shape index (κ2) is 6.68. The summed E-state index contributed by atoms with van der Waals surface area (Å²) in [6.07, 6.45) is 3.07. The Morgan fingerprint density at radius 1 is 1.25 bits per heavy atom. The van der Waals surface area contributed by atoms with Crippen molar-refractivity contribution in [3.05, 3.63) is 52.7 Å². The summed E-state index contributed by atoms with van der Waals surface area (Å²) in [6, 6.07) is 10.5. The number of benzene rings is 1. The van der Waals surface area contributed by atoms with Gasteiger partial charge in [0.05, 0.1) is 0 Å². The summed E-state index contributed by atoms with van der Waals surface area (Å²) in [5, 5.41) is 4.56. The molecule has 1 aromatic heterocycles. The summed E-state index contributed by atoms with van der Waals surface area (Å²) in [7, 11) is 0. The fraction of sp³-hybridized carbons (Fsp3) is 0.0667. The highest BCUT2D eigenvalue weighted by Crippen LogP contribution is 2.18. The molecule has 0 fully saturated rings. The second-order valence-corrected chi connectivity index (χ2v) is 4.96. The standard InChI is InChI=1S/C15H13NO3S/c1-11(17)16-12-4-2-5-13(10-12)19-15(18)8-7-14-6-3-9-20-14/h2-10H,1H3,(H,16,17)/b8-7+. The highest BCUT2D eigenvalue weighted by molar-refractivity contribution is 7.10. The number of hydrogen-bond acceptors (Lipinski definition) is 4. The van der Waals surface area contributed by atoms with Gasteiger partial charge < -0.3 is 10.1 Å². The van der Waals surface area contributed by atoms with Gasteiger partial charge in [0.1, 0.15) is 5.75 Å². The van der Waals surface area contributed by atoms with E-state index >= 15 is 0 Å². The monoisotopic (exact) mass is 287 g/mol. The van der Waals surface area contributed by atoms with E-state index in [4.69, 9.17) is 4.74 Å². The van der Waals surface area contributed by atoms with Crippen LogP contribution in [-0.2, 0) is 9.59 Å². The Bertz CT molecular complexity index is 632. The molecule has 0 saturated carbocycles. The van der Waals surface area contributed by atoms with Gasteiger partial charge >= 0.3 is 5.97 Å². The first-order valence-electron chi connectivity index (χ1n) is 5.94. The Balaban J connectivity index is 1.99. The first-order chi connectivity index (χ1) is 9.63. The number of anilines is 1. The number of ether oxygens (including phenoxy) is 1. The third-order valence-corrected chi connectivity index (χ3v) is 3.14. The van der Waals surface area contributed by atoms with Gasteiger partial charge in [-0.1, -0.05) is 12.1 Å². The normalized spacial score (nSPS) is 10.4. The van der Waals surface area contributed by atoms with Gasteiger partial charge in [0.15, 0.2) is 0 Å². The minimum absolute atomic E-state index is 0.175. The molecule has 102 valence electrons. The lowest BCUT2D eigenvalue weighted by Gasteiger charge is -2.05. The highest BCUT2D eigenvalue weighted by atomic mass is 32.1. The lowest BCUT2D eigenvalue weighted by Crippen LogP contribution is -2.07. The summed E-state index contributed by atoms with van der Waals surface area (Å²) in [6.45, 7) is 1.42. The molecule has 1 N–H and O–H groups in total. The van der Waals surface area contributed by atoms with E-state index in [1.54, 1.807) is 30.3 Å². The molecule has 0 aliphatic rings. The molecule has 2 aromatic rings. The van der Waals surface area contributed by atoms with Gasteiger partial charge in [0.25, 0.3) is 0 Å². The average molecular weight is 287 g/mol. The molecule has 0 atom stereocenters. The molecule has 5 heteroatoms. The van der Waals surface area contributed by atoms with Gasteiger partial charge in [-0.3, -0.25) is 4.79 Å². The zero-order valence-corrected chi connectivity index (χ0v) is 11.6. The SMILES string of the molecule is CC(=O)Nc1cccc(OC(=O)/C=C/c2cccs2)c1. The highest BCUT2D eigenvalue weighted by Gasteiger charge is 2.02. The number of amides is 1. The zero-order valence-electron chi connectivity index (χ0n) is 10.8. The van der Waals surface area contributed by atoms with Gasteiger partial charge in [0.2, 0.25) is 5.91 Å². The number of nitrogens with one attached hydrogen (secondary N) is 1. The summed E-state index contributed by atoms with van der Waals surface area (Å²) < 4.78 is 5.16. The van der Waals surface area contributed by atoms with Crippen molar-refractivity contribution in [3.8, 4) is 5.75 Å². The van der Waals surface area contributed by atoms with Gasteiger partial charge in [-0.2, -0.15) is 0 Å². The van der Waals surface area contributed by atoms with Crippen LogP contribution in [0.5, 0.6) is 5.75 Å². The van der Waals surface area contributed by atoms with Crippen LogP contribution in [0.15, 0.2) is 47.9 Å². The molecule has 1 amide bonds. The number of carbonyl (C=O) groups is 2. The summed E-state index contributed by atoms with van der Waals surface area (Å²) in [5.74, 6) is -0.249. The molecule has 1 heterocycles. The van der Waals surface area contributed by atoms with Crippen LogP contribution in [0.4, 0.5) is 5.69 Å². The Morgan fingerprint density at radius 3 is 2.80 bits per heavy atom. The maximum atomic E-state index is 11.6. The first kappa shape index (κ1) is 14.0. The number of hydrogen-bond donors (Lipinski definition) is 1.